The van der Waals surface area contributed by atoms with E-state index in [2.05, 4.69) is 10.3 Å². The summed E-state index contributed by atoms with van der Waals surface area (Å²) in [5.74, 6) is -1.09. The van der Waals surface area contributed by atoms with Gasteiger partial charge in [0.05, 0.1) is 5.52 Å². The Balaban J connectivity index is 2.35. The van der Waals surface area contributed by atoms with Gasteiger partial charge in [0.15, 0.2) is 0 Å². The number of rotatable bonds is 3. The highest BCUT2D eigenvalue weighted by Gasteiger charge is 2.16. The SMILES string of the molecule is CC(NC(=O)c1cc(N)c2ccccc2n1)C(N)=O. The summed E-state index contributed by atoms with van der Waals surface area (Å²) in [5.41, 5.74) is 12.2. The van der Waals surface area contributed by atoms with E-state index in [4.69, 9.17) is 11.5 Å². The maximum Gasteiger partial charge on any atom is 0.270 e. The van der Waals surface area contributed by atoms with Crippen molar-refractivity contribution in [2.24, 2.45) is 5.73 Å². The monoisotopic (exact) mass is 258 g/mol. The van der Waals surface area contributed by atoms with Crippen LogP contribution in [0, 0.1) is 0 Å². The number of nitrogens with one attached hydrogen (secondary N) is 1. The fraction of sp³-hybridized carbons (Fsp3) is 0.154. The maximum atomic E-state index is 11.9. The predicted molar refractivity (Wildman–Crippen MR) is 72.3 cm³/mol. The third-order valence-electron chi connectivity index (χ3n) is 2.76. The van der Waals surface area contributed by atoms with Crippen molar-refractivity contribution in [2.75, 3.05) is 5.73 Å². The summed E-state index contributed by atoms with van der Waals surface area (Å²) in [5, 5.41) is 3.24. The lowest BCUT2D eigenvalue weighted by atomic mass is 10.1. The number of amides is 2. The van der Waals surface area contributed by atoms with Gasteiger partial charge < -0.3 is 16.8 Å². The van der Waals surface area contributed by atoms with Gasteiger partial charge in [-0.3, -0.25) is 9.59 Å². The molecule has 0 bridgehead atoms. The highest BCUT2D eigenvalue weighted by atomic mass is 16.2. The first-order chi connectivity index (χ1) is 8.99. The molecule has 0 aliphatic carbocycles. The zero-order valence-electron chi connectivity index (χ0n) is 10.4. The van der Waals surface area contributed by atoms with E-state index in [0.717, 1.165) is 5.39 Å². The van der Waals surface area contributed by atoms with Gasteiger partial charge in [0.2, 0.25) is 5.91 Å². The summed E-state index contributed by atoms with van der Waals surface area (Å²) in [6.45, 7) is 1.50. The third-order valence-corrected chi connectivity index (χ3v) is 2.76. The van der Waals surface area contributed by atoms with E-state index in [1.54, 1.807) is 6.07 Å². The first kappa shape index (κ1) is 12.8. The van der Waals surface area contributed by atoms with Crippen LogP contribution in [0.25, 0.3) is 10.9 Å². The van der Waals surface area contributed by atoms with Gasteiger partial charge in [-0.05, 0) is 19.1 Å². The molecule has 0 saturated carbocycles. The Morgan fingerprint density at radius 2 is 2.00 bits per heavy atom. The maximum absolute atomic E-state index is 11.9. The van der Waals surface area contributed by atoms with Crippen LogP contribution in [-0.4, -0.2) is 22.8 Å². The highest BCUT2D eigenvalue weighted by Crippen LogP contribution is 2.19. The number of fused-ring (bicyclic) bond motifs is 1. The van der Waals surface area contributed by atoms with E-state index in [-0.39, 0.29) is 5.69 Å². The van der Waals surface area contributed by atoms with Crippen molar-refractivity contribution in [1.82, 2.24) is 10.3 Å². The number of pyridine rings is 1. The van der Waals surface area contributed by atoms with Crippen molar-refractivity contribution in [2.45, 2.75) is 13.0 Å². The van der Waals surface area contributed by atoms with Crippen molar-refractivity contribution < 1.29 is 9.59 Å². The zero-order valence-corrected chi connectivity index (χ0v) is 10.4. The normalized spacial score (nSPS) is 12.1. The highest BCUT2D eigenvalue weighted by molar-refractivity contribution is 6.00. The summed E-state index contributed by atoms with van der Waals surface area (Å²) in [4.78, 5) is 27.0. The molecule has 0 spiro atoms. The molecule has 6 nitrogen and oxygen atoms in total. The average Bonchev–Trinajstić information content (AvgIpc) is 2.38. The van der Waals surface area contributed by atoms with E-state index in [1.807, 2.05) is 18.2 Å². The minimum atomic E-state index is -0.762. The first-order valence-electron chi connectivity index (χ1n) is 5.74. The summed E-state index contributed by atoms with van der Waals surface area (Å²) in [7, 11) is 0. The number of nitrogen functional groups attached to an aromatic ring is 1. The Kier molecular flexibility index (Phi) is 3.33. The molecule has 0 aliphatic rings. The molecule has 2 amide bonds. The molecule has 1 heterocycles. The van der Waals surface area contributed by atoms with Gasteiger partial charge in [-0.2, -0.15) is 0 Å². The number of nitrogens with zero attached hydrogens (tertiary/aromatic N) is 1. The standard InChI is InChI=1S/C13H14N4O2/c1-7(12(15)18)16-13(19)11-6-9(14)8-4-2-3-5-10(8)17-11/h2-7H,1H3,(H2,14,17)(H2,15,18)(H,16,19). The minimum absolute atomic E-state index is 0.157. The lowest BCUT2D eigenvalue weighted by molar-refractivity contribution is -0.119. The van der Waals surface area contributed by atoms with E-state index in [0.29, 0.717) is 11.2 Å². The van der Waals surface area contributed by atoms with Gasteiger partial charge >= 0.3 is 0 Å². The Bertz CT molecular complexity index is 654. The molecule has 1 unspecified atom stereocenters. The molecule has 0 radical (unpaired) electrons. The Morgan fingerprint density at radius 1 is 1.32 bits per heavy atom. The van der Waals surface area contributed by atoms with Crippen LogP contribution in [0.15, 0.2) is 30.3 Å². The molecule has 5 N–H and O–H groups in total. The molecule has 19 heavy (non-hydrogen) atoms. The van der Waals surface area contributed by atoms with Crippen molar-refractivity contribution in [3.05, 3.63) is 36.0 Å². The summed E-state index contributed by atoms with van der Waals surface area (Å²) in [6.07, 6.45) is 0. The minimum Gasteiger partial charge on any atom is -0.398 e. The number of anilines is 1. The Labute approximate surface area is 109 Å². The van der Waals surface area contributed by atoms with Crippen molar-refractivity contribution >= 4 is 28.4 Å². The summed E-state index contributed by atoms with van der Waals surface area (Å²) >= 11 is 0. The molecular weight excluding hydrogens is 244 g/mol. The molecule has 98 valence electrons. The first-order valence-corrected chi connectivity index (χ1v) is 5.74. The largest absolute Gasteiger partial charge is 0.398 e. The Hall–Kier alpha value is -2.63. The molecule has 0 fully saturated rings. The quantitative estimate of drug-likeness (QED) is 0.740. The molecular formula is C13H14N4O2. The van der Waals surface area contributed by atoms with Gasteiger partial charge in [0, 0.05) is 11.1 Å². The van der Waals surface area contributed by atoms with Gasteiger partial charge in [0.1, 0.15) is 11.7 Å². The number of aromatic nitrogens is 1. The molecule has 0 saturated heterocycles. The lowest BCUT2D eigenvalue weighted by Gasteiger charge is -2.10. The van der Waals surface area contributed by atoms with Gasteiger partial charge in [-0.1, -0.05) is 18.2 Å². The number of hydrogen-bond donors (Lipinski definition) is 3. The number of primary amides is 1. The molecule has 2 aromatic rings. The molecule has 1 aromatic carbocycles. The van der Waals surface area contributed by atoms with Crippen LogP contribution in [0.5, 0.6) is 0 Å². The number of carbonyl (C=O) groups is 2. The topological polar surface area (TPSA) is 111 Å². The van der Waals surface area contributed by atoms with Crippen molar-refractivity contribution in [3.8, 4) is 0 Å². The second-order valence-electron chi connectivity index (χ2n) is 4.21. The van der Waals surface area contributed by atoms with E-state index < -0.39 is 17.9 Å². The van der Waals surface area contributed by atoms with Crippen LogP contribution in [0.4, 0.5) is 5.69 Å². The molecule has 1 aromatic heterocycles. The fourth-order valence-electron chi connectivity index (χ4n) is 1.66. The predicted octanol–water partition coefficient (Wildman–Crippen LogP) is 0.421. The van der Waals surface area contributed by atoms with E-state index in [9.17, 15) is 9.59 Å². The number of para-hydroxylation sites is 1. The van der Waals surface area contributed by atoms with Crippen molar-refractivity contribution in [3.63, 3.8) is 0 Å². The molecule has 1 atom stereocenters. The Morgan fingerprint density at radius 3 is 2.68 bits per heavy atom. The second kappa shape index (κ2) is 4.93. The number of carbonyl (C=O) groups excluding carboxylic acids is 2. The third kappa shape index (κ3) is 2.62. The number of benzene rings is 1. The van der Waals surface area contributed by atoms with Crippen LogP contribution >= 0.6 is 0 Å². The molecule has 2 rings (SSSR count). The lowest BCUT2D eigenvalue weighted by Crippen LogP contribution is -2.42. The van der Waals surface area contributed by atoms with Crippen LogP contribution in [0.3, 0.4) is 0 Å². The fourth-order valence-corrected chi connectivity index (χ4v) is 1.66. The van der Waals surface area contributed by atoms with Crippen LogP contribution in [-0.2, 0) is 4.79 Å². The smallest absolute Gasteiger partial charge is 0.270 e. The van der Waals surface area contributed by atoms with Gasteiger partial charge in [-0.25, -0.2) is 4.98 Å². The van der Waals surface area contributed by atoms with Gasteiger partial charge in [0.25, 0.3) is 5.91 Å². The van der Waals surface area contributed by atoms with E-state index in [1.165, 1.54) is 13.0 Å². The van der Waals surface area contributed by atoms with Gasteiger partial charge in [-0.15, -0.1) is 0 Å². The molecule has 0 aliphatic heterocycles. The van der Waals surface area contributed by atoms with Crippen LogP contribution in [0.2, 0.25) is 0 Å². The van der Waals surface area contributed by atoms with Crippen LogP contribution < -0.4 is 16.8 Å². The average molecular weight is 258 g/mol. The number of hydrogen-bond acceptors (Lipinski definition) is 4. The van der Waals surface area contributed by atoms with E-state index >= 15 is 0 Å². The zero-order chi connectivity index (χ0) is 14.0. The van der Waals surface area contributed by atoms with Crippen LogP contribution in [0.1, 0.15) is 17.4 Å². The summed E-state index contributed by atoms with van der Waals surface area (Å²) in [6, 6.07) is 7.95. The number of nitrogens with two attached hydrogens (primary N) is 2. The van der Waals surface area contributed by atoms with Crippen molar-refractivity contribution in [1.29, 1.82) is 0 Å². The molecule has 6 heteroatoms. The summed E-state index contributed by atoms with van der Waals surface area (Å²) < 4.78 is 0. The second-order valence-corrected chi connectivity index (χ2v) is 4.21.